The second kappa shape index (κ2) is 6.02. The van der Waals surface area contributed by atoms with E-state index in [4.69, 9.17) is 0 Å². The van der Waals surface area contributed by atoms with Gasteiger partial charge in [-0.3, -0.25) is 4.90 Å². The molecule has 1 unspecified atom stereocenters. The molecule has 0 bridgehead atoms. The first-order valence-electron chi connectivity index (χ1n) is 7.53. The van der Waals surface area contributed by atoms with Crippen molar-refractivity contribution < 1.29 is 4.39 Å². The second-order valence-electron chi connectivity index (χ2n) is 5.93. The molecule has 1 saturated carbocycles. The predicted molar refractivity (Wildman–Crippen MR) is 75.5 cm³/mol. The molecule has 1 saturated heterocycles. The summed E-state index contributed by atoms with van der Waals surface area (Å²) < 4.78 is 12.9. The third-order valence-corrected chi connectivity index (χ3v) is 4.23. The third-order valence-electron chi connectivity index (χ3n) is 4.23. The lowest BCUT2D eigenvalue weighted by Gasteiger charge is -2.30. The number of nitrogens with zero attached hydrogens (tertiary/aromatic N) is 1. The second-order valence-corrected chi connectivity index (χ2v) is 5.93. The summed E-state index contributed by atoms with van der Waals surface area (Å²) in [5, 5.41) is 3.63. The molecule has 0 aromatic heterocycles. The smallest absolute Gasteiger partial charge is 0.123 e. The zero-order chi connectivity index (χ0) is 13.1. The lowest BCUT2D eigenvalue weighted by atomic mass is 10.0. The summed E-state index contributed by atoms with van der Waals surface area (Å²) in [6.45, 7) is 3.27. The molecule has 0 amide bonds. The van der Waals surface area contributed by atoms with Crippen molar-refractivity contribution in [3.8, 4) is 0 Å². The van der Waals surface area contributed by atoms with Crippen molar-refractivity contribution in [1.82, 2.24) is 10.2 Å². The Morgan fingerprint density at radius 1 is 1.11 bits per heavy atom. The number of benzene rings is 1. The fraction of sp³-hybridized carbons (Fsp3) is 0.625. The van der Waals surface area contributed by atoms with E-state index in [1.165, 1.54) is 44.2 Å². The van der Waals surface area contributed by atoms with E-state index in [9.17, 15) is 4.39 Å². The van der Waals surface area contributed by atoms with E-state index >= 15 is 0 Å². The standard InChI is InChI=1S/C16H23FN2/c17-14-6-4-13(5-7-14)11-19(16-8-9-16)12-15-3-1-2-10-18-15/h4-7,15-16,18H,1-3,8-12H2. The van der Waals surface area contributed by atoms with Gasteiger partial charge in [-0.15, -0.1) is 0 Å². The lowest BCUT2D eigenvalue weighted by Crippen LogP contribution is -2.44. The Balaban J connectivity index is 1.59. The van der Waals surface area contributed by atoms with Crippen molar-refractivity contribution in [2.45, 2.75) is 50.7 Å². The van der Waals surface area contributed by atoms with Crippen LogP contribution in [-0.2, 0) is 6.54 Å². The summed E-state index contributed by atoms with van der Waals surface area (Å²) in [6.07, 6.45) is 6.62. The summed E-state index contributed by atoms with van der Waals surface area (Å²) in [4.78, 5) is 2.58. The normalized spacial score (nSPS) is 23.8. The highest BCUT2D eigenvalue weighted by atomic mass is 19.1. The van der Waals surface area contributed by atoms with Gasteiger partial charge in [0.1, 0.15) is 5.82 Å². The zero-order valence-corrected chi connectivity index (χ0v) is 11.4. The molecule has 1 heterocycles. The maximum absolute atomic E-state index is 12.9. The van der Waals surface area contributed by atoms with Gasteiger partial charge in [0.25, 0.3) is 0 Å². The van der Waals surface area contributed by atoms with E-state index < -0.39 is 0 Å². The van der Waals surface area contributed by atoms with Crippen LogP contribution >= 0.6 is 0 Å². The van der Waals surface area contributed by atoms with Crippen molar-refractivity contribution in [3.63, 3.8) is 0 Å². The average molecular weight is 262 g/mol. The minimum atomic E-state index is -0.143. The third kappa shape index (κ3) is 3.77. The van der Waals surface area contributed by atoms with Gasteiger partial charge >= 0.3 is 0 Å². The molecule has 1 aliphatic heterocycles. The first kappa shape index (κ1) is 13.1. The summed E-state index contributed by atoms with van der Waals surface area (Å²) in [5.74, 6) is -0.143. The maximum Gasteiger partial charge on any atom is 0.123 e. The van der Waals surface area contributed by atoms with Gasteiger partial charge in [-0.1, -0.05) is 18.6 Å². The molecule has 1 aromatic carbocycles. The number of hydrogen-bond acceptors (Lipinski definition) is 2. The van der Waals surface area contributed by atoms with E-state index in [0.717, 1.165) is 19.1 Å². The molecular formula is C16H23FN2. The van der Waals surface area contributed by atoms with E-state index in [1.807, 2.05) is 12.1 Å². The Hall–Kier alpha value is -0.930. The number of halogens is 1. The number of piperidine rings is 1. The fourth-order valence-electron chi connectivity index (χ4n) is 2.97. The Labute approximate surface area is 115 Å². The molecule has 1 atom stereocenters. The Morgan fingerprint density at radius 3 is 2.53 bits per heavy atom. The molecule has 3 rings (SSSR count). The highest BCUT2D eigenvalue weighted by Gasteiger charge is 2.30. The first-order valence-corrected chi connectivity index (χ1v) is 7.53. The number of nitrogens with one attached hydrogen (secondary N) is 1. The minimum absolute atomic E-state index is 0.143. The SMILES string of the molecule is Fc1ccc(CN(CC2CCCCN2)C2CC2)cc1. The van der Waals surface area contributed by atoms with Crippen molar-refractivity contribution in [2.75, 3.05) is 13.1 Å². The van der Waals surface area contributed by atoms with Crippen LogP contribution in [0.5, 0.6) is 0 Å². The first-order chi connectivity index (χ1) is 9.31. The predicted octanol–water partition coefficient (Wildman–Crippen LogP) is 2.93. The van der Waals surface area contributed by atoms with Crippen LogP contribution in [0.2, 0.25) is 0 Å². The number of rotatable bonds is 5. The van der Waals surface area contributed by atoms with Gasteiger partial charge < -0.3 is 5.32 Å². The van der Waals surface area contributed by atoms with Gasteiger partial charge in [0.2, 0.25) is 0 Å². The average Bonchev–Trinajstić information content (AvgIpc) is 3.26. The topological polar surface area (TPSA) is 15.3 Å². The Bertz CT molecular complexity index is 394. The van der Waals surface area contributed by atoms with Crippen LogP contribution in [0.3, 0.4) is 0 Å². The van der Waals surface area contributed by atoms with E-state index in [-0.39, 0.29) is 5.82 Å². The molecular weight excluding hydrogens is 239 g/mol. The van der Waals surface area contributed by atoms with Crippen molar-refractivity contribution in [3.05, 3.63) is 35.6 Å². The van der Waals surface area contributed by atoms with Crippen LogP contribution < -0.4 is 5.32 Å². The summed E-state index contributed by atoms with van der Waals surface area (Å²) >= 11 is 0. The van der Waals surface area contributed by atoms with Gasteiger partial charge in [0.15, 0.2) is 0 Å². The maximum atomic E-state index is 12.9. The summed E-state index contributed by atoms with van der Waals surface area (Å²) in [5.41, 5.74) is 1.23. The Morgan fingerprint density at radius 2 is 1.89 bits per heavy atom. The largest absolute Gasteiger partial charge is 0.313 e. The van der Waals surface area contributed by atoms with Crippen LogP contribution in [0.15, 0.2) is 24.3 Å². The fourth-order valence-corrected chi connectivity index (χ4v) is 2.97. The minimum Gasteiger partial charge on any atom is -0.313 e. The van der Waals surface area contributed by atoms with Crippen LogP contribution in [-0.4, -0.2) is 30.1 Å². The molecule has 2 aliphatic rings. The van der Waals surface area contributed by atoms with Gasteiger partial charge in [0, 0.05) is 25.2 Å². The monoisotopic (exact) mass is 262 g/mol. The van der Waals surface area contributed by atoms with Gasteiger partial charge in [-0.2, -0.15) is 0 Å². The van der Waals surface area contributed by atoms with Gasteiger partial charge in [-0.05, 0) is 49.9 Å². The Kier molecular flexibility index (Phi) is 4.14. The summed E-state index contributed by atoms with van der Waals surface area (Å²) in [6, 6.07) is 8.37. The van der Waals surface area contributed by atoms with Crippen LogP contribution in [0.1, 0.15) is 37.7 Å². The van der Waals surface area contributed by atoms with Crippen molar-refractivity contribution in [1.29, 1.82) is 0 Å². The number of hydrogen-bond donors (Lipinski definition) is 1. The molecule has 1 aromatic rings. The molecule has 1 aliphatic carbocycles. The summed E-state index contributed by atoms with van der Waals surface area (Å²) in [7, 11) is 0. The highest BCUT2D eigenvalue weighted by Crippen LogP contribution is 2.29. The lowest BCUT2D eigenvalue weighted by molar-refractivity contribution is 0.208. The van der Waals surface area contributed by atoms with E-state index in [2.05, 4.69) is 10.2 Å². The molecule has 3 heteroatoms. The molecule has 19 heavy (non-hydrogen) atoms. The molecule has 2 nitrogen and oxygen atoms in total. The van der Waals surface area contributed by atoms with Crippen LogP contribution in [0.4, 0.5) is 4.39 Å². The highest BCUT2D eigenvalue weighted by molar-refractivity contribution is 5.16. The van der Waals surface area contributed by atoms with Crippen LogP contribution in [0, 0.1) is 5.82 Å². The molecule has 2 fully saturated rings. The van der Waals surface area contributed by atoms with E-state index in [1.54, 1.807) is 12.1 Å². The van der Waals surface area contributed by atoms with Gasteiger partial charge in [-0.25, -0.2) is 4.39 Å². The zero-order valence-electron chi connectivity index (χ0n) is 11.4. The quantitative estimate of drug-likeness (QED) is 0.877. The molecule has 0 spiro atoms. The van der Waals surface area contributed by atoms with Crippen molar-refractivity contribution >= 4 is 0 Å². The molecule has 104 valence electrons. The van der Waals surface area contributed by atoms with Gasteiger partial charge in [0.05, 0.1) is 0 Å². The van der Waals surface area contributed by atoms with E-state index in [0.29, 0.717) is 6.04 Å². The van der Waals surface area contributed by atoms with Crippen molar-refractivity contribution in [2.24, 2.45) is 0 Å². The molecule has 1 N–H and O–H groups in total. The molecule has 0 radical (unpaired) electrons. The van der Waals surface area contributed by atoms with Crippen LogP contribution in [0.25, 0.3) is 0 Å².